The summed E-state index contributed by atoms with van der Waals surface area (Å²) >= 11 is 0. The van der Waals surface area contributed by atoms with E-state index in [1.807, 2.05) is 57.2 Å². The van der Waals surface area contributed by atoms with E-state index in [2.05, 4.69) is 0 Å². The number of benzene rings is 2. The Kier molecular flexibility index (Phi) is 4.14. The molecule has 0 heterocycles. The largest absolute Gasteiger partial charge is 0.267 e. The maximum absolute atomic E-state index is 12.8. The van der Waals surface area contributed by atoms with Crippen LogP contribution in [0.25, 0.3) is 0 Å². The van der Waals surface area contributed by atoms with E-state index >= 15 is 0 Å². The molecule has 0 aliphatic carbocycles. The molecule has 0 saturated heterocycles. The molecule has 0 bridgehead atoms. The molecule has 0 aliphatic rings. The van der Waals surface area contributed by atoms with Crippen LogP contribution in [0, 0.1) is 13.8 Å². The summed E-state index contributed by atoms with van der Waals surface area (Å²) < 4.78 is 27.1. The summed E-state index contributed by atoms with van der Waals surface area (Å²) in [4.78, 5) is 0.364. The van der Waals surface area contributed by atoms with Crippen molar-refractivity contribution in [1.29, 1.82) is 0 Å². The van der Waals surface area contributed by atoms with E-state index in [9.17, 15) is 8.42 Å². The average molecular weight is 289 g/mol. The minimum atomic E-state index is -3.52. The van der Waals surface area contributed by atoms with Gasteiger partial charge in [-0.15, -0.1) is 0 Å². The van der Waals surface area contributed by atoms with E-state index in [-0.39, 0.29) is 0 Å². The van der Waals surface area contributed by atoms with Gasteiger partial charge in [0.15, 0.2) is 0 Å². The quantitative estimate of drug-likeness (QED) is 0.863. The van der Waals surface area contributed by atoms with Crippen molar-refractivity contribution in [3.8, 4) is 0 Å². The highest BCUT2D eigenvalue weighted by Gasteiger charge is 2.24. The number of hydrogen-bond donors (Lipinski definition) is 0. The third-order valence-corrected chi connectivity index (χ3v) is 5.30. The fraction of sp³-hybridized carbons (Fsp3) is 0.250. The second-order valence-corrected chi connectivity index (χ2v) is 6.61. The molecule has 0 fully saturated rings. The fourth-order valence-corrected chi connectivity index (χ4v) is 3.93. The Hall–Kier alpha value is -1.81. The number of rotatable bonds is 4. The lowest BCUT2D eigenvalue weighted by atomic mass is 10.2. The molecule has 0 spiro atoms. The molecule has 0 radical (unpaired) electrons. The van der Waals surface area contributed by atoms with Crippen molar-refractivity contribution in [1.82, 2.24) is 0 Å². The first-order chi connectivity index (χ1) is 9.46. The number of nitrogens with zero attached hydrogens (tertiary/aromatic N) is 1. The normalized spacial score (nSPS) is 11.3. The molecule has 0 N–H and O–H groups in total. The topological polar surface area (TPSA) is 37.4 Å². The van der Waals surface area contributed by atoms with E-state index in [1.54, 1.807) is 12.1 Å². The Morgan fingerprint density at radius 3 is 2.30 bits per heavy atom. The molecule has 0 unspecified atom stereocenters. The molecule has 0 amide bonds. The first-order valence-electron chi connectivity index (χ1n) is 6.62. The standard InChI is InChI=1S/C16H19NO2S/c1-4-17(15-10-7-8-13(2)12-15)20(18,19)16-11-6-5-9-14(16)3/h5-12H,4H2,1-3H3. The molecule has 3 nitrogen and oxygen atoms in total. The van der Waals surface area contributed by atoms with Gasteiger partial charge in [0.2, 0.25) is 0 Å². The first kappa shape index (κ1) is 14.6. The van der Waals surface area contributed by atoms with Crippen molar-refractivity contribution in [3.05, 3.63) is 59.7 Å². The van der Waals surface area contributed by atoms with Crippen LogP contribution in [0.2, 0.25) is 0 Å². The molecular weight excluding hydrogens is 270 g/mol. The van der Waals surface area contributed by atoms with Gasteiger partial charge in [0.25, 0.3) is 10.0 Å². The number of anilines is 1. The molecule has 20 heavy (non-hydrogen) atoms. The third-order valence-electron chi connectivity index (χ3n) is 3.24. The zero-order chi connectivity index (χ0) is 14.8. The summed E-state index contributed by atoms with van der Waals surface area (Å²) in [5, 5.41) is 0. The number of aryl methyl sites for hydroxylation is 2. The van der Waals surface area contributed by atoms with Crippen LogP contribution in [0.15, 0.2) is 53.4 Å². The molecule has 0 aliphatic heterocycles. The maximum atomic E-state index is 12.8. The summed E-state index contributed by atoms with van der Waals surface area (Å²) in [6.07, 6.45) is 0. The lowest BCUT2D eigenvalue weighted by Crippen LogP contribution is -2.31. The monoisotopic (exact) mass is 289 g/mol. The SMILES string of the molecule is CCN(c1cccc(C)c1)S(=O)(=O)c1ccccc1C. The van der Waals surface area contributed by atoms with Gasteiger partial charge in [0.1, 0.15) is 0 Å². The highest BCUT2D eigenvalue weighted by molar-refractivity contribution is 7.92. The van der Waals surface area contributed by atoms with Crippen LogP contribution in [-0.4, -0.2) is 15.0 Å². The van der Waals surface area contributed by atoms with Gasteiger partial charge in [-0.25, -0.2) is 8.42 Å². The third kappa shape index (κ3) is 2.70. The van der Waals surface area contributed by atoms with Crippen LogP contribution in [0.1, 0.15) is 18.1 Å². The summed E-state index contributed by atoms with van der Waals surface area (Å²) in [6.45, 7) is 6.02. The molecule has 106 valence electrons. The van der Waals surface area contributed by atoms with E-state index in [1.165, 1.54) is 4.31 Å². The molecule has 0 atom stereocenters. The summed E-state index contributed by atoms with van der Waals surface area (Å²) in [6, 6.07) is 14.6. The smallest absolute Gasteiger partial charge is 0.264 e. The van der Waals surface area contributed by atoms with Crippen molar-refractivity contribution in [3.63, 3.8) is 0 Å². The van der Waals surface area contributed by atoms with Crippen LogP contribution in [0.5, 0.6) is 0 Å². The highest BCUT2D eigenvalue weighted by atomic mass is 32.2. The van der Waals surface area contributed by atoms with Gasteiger partial charge >= 0.3 is 0 Å². The Morgan fingerprint density at radius 2 is 1.70 bits per heavy atom. The van der Waals surface area contributed by atoms with Crippen LogP contribution >= 0.6 is 0 Å². The van der Waals surface area contributed by atoms with Crippen molar-refractivity contribution in [2.45, 2.75) is 25.7 Å². The van der Waals surface area contributed by atoms with Gasteiger partial charge in [0, 0.05) is 6.54 Å². The van der Waals surface area contributed by atoms with Crippen molar-refractivity contribution < 1.29 is 8.42 Å². The van der Waals surface area contributed by atoms with Crippen LogP contribution < -0.4 is 4.31 Å². The molecule has 0 aromatic heterocycles. The molecule has 2 aromatic carbocycles. The molecular formula is C16H19NO2S. The van der Waals surface area contributed by atoms with E-state index in [0.717, 1.165) is 11.1 Å². The van der Waals surface area contributed by atoms with Crippen LogP contribution in [-0.2, 0) is 10.0 Å². The number of hydrogen-bond acceptors (Lipinski definition) is 2. The number of sulfonamides is 1. The van der Waals surface area contributed by atoms with Gasteiger partial charge < -0.3 is 0 Å². The van der Waals surface area contributed by atoms with Crippen molar-refractivity contribution in [2.24, 2.45) is 0 Å². The second kappa shape index (κ2) is 5.67. The second-order valence-electron chi connectivity index (χ2n) is 4.77. The summed E-state index contributed by atoms with van der Waals surface area (Å²) in [7, 11) is -3.52. The Morgan fingerprint density at radius 1 is 1.00 bits per heavy atom. The van der Waals surface area contributed by atoms with E-state index < -0.39 is 10.0 Å². The first-order valence-corrected chi connectivity index (χ1v) is 8.06. The van der Waals surface area contributed by atoms with Crippen molar-refractivity contribution >= 4 is 15.7 Å². The summed E-state index contributed by atoms with van der Waals surface area (Å²) in [5.74, 6) is 0. The maximum Gasteiger partial charge on any atom is 0.264 e. The fourth-order valence-electron chi connectivity index (χ4n) is 2.24. The van der Waals surface area contributed by atoms with Crippen LogP contribution in [0.3, 0.4) is 0 Å². The Balaban J connectivity index is 2.54. The molecule has 4 heteroatoms. The predicted octanol–water partition coefficient (Wildman–Crippen LogP) is 3.52. The highest BCUT2D eigenvalue weighted by Crippen LogP contribution is 2.25. The van der Waals surface area contributed by atoms with Crippen LogP contribution in [0.4, 0.5) is 5.69 Å². The zero-order valence-electron chi connectivity index (χ0n) is 12.0. The lowest BCUT2D eigenvalue weighted by Gasteiger charge is -2.24. The average Bonchev–Trinajstić information content (AvgIpc) is 2.39. The Labute approximate surface area is 120 Å². The predicted molar refractivity (Wildman–Crippen MR) is 82.6 cm³/mol. The summed E-state index contributed by atoms with van der Waals surface area (Å²) in [5.41, 5.74) is 2.51. The van der Waals surface area contributed by atoms with E-state index in [4.69, 9.17) is 0 Å². The van der Waals surface area contributed by atoms with E-state index in [0.29, 0.717) is 17.1 Å². The van der Waals surface area contributed by atoms with Crippen molar-refractivity contribution in [2.75, 3.05) is 10.8 Å². The minimum absolute atomic E-state index is 0.364. The lowest BCUT2D eigenvalue weighted by molar-refractivity contribution is 0.591. The molecule has 2 aromatic rings. The van der Waals surface area contributed by atoms with Gasteiger partial charge in [-0.3, -0.25) is 4.31 Å². The van der Waals surface area contributed by atoms with Gasteiger partial charge in [-0.05, 0) is 50.1 Å². The minimum Gasteiger partial charge on any atom is -0.267 e. The Bertz CT molecular complexity index is 708. The van der Waals surface area contributed by atoms with Gasteiger partial charge in [0.05, 0.1) is 10.6 Å². The van der Waals surface area contributed by atoms with Gasteiger partial charge in [-0.2, -0.15) is 0 Å². The van der Waals surface area contributed by atoms with Gasteiger partial charge in [-0.1, -0.05) is 30.3 Å². The molecule has 0 saturated carbocycles. The zero-order valence-corrected chi connectivity index (χ0v) is 12.8. The molecule has 2 rings (SSSR count).